The van der Waals surface area contributed by atoms with E-state index in [9.17, 15) is 4.79 Å². The first-order valence-electron chi connectivity index (χ1n) is 6.70. The first-order chi connectivity index (χ1) is 9.19. The highest BCUT2D eigenvalue weighted by molar-refractivity contribution is 5.67. The number of likely N-dealkylation sites (tertiary alicyclic amines) is 1. The molecule has 4 nitrogen and oxygen atoms in total. The monoisotopic (exact) mass is 263 g/mol. The Morgan fingerprint density at radius 3 is 2.79 bits per heavy atom. The molecule has 1 fully saturated rings. The van der Waals surface area contributed by atoms with E-state index in [0.717, 1.165) is 26.1 Å². The van der Waals surface area contributed by atoms with Crippen molar-refractivity contribution in [2.75, 3.05) is 20.2 Å². The third kappa shape index (κ3) is 4.04. The summed E-state index contributed by atoms with van der Waals surface area (Å²) in [6.07, 6.45) is 1.11. The van der Waals surface area contributed by atoms with E-state index in [1.807, 2.05) is 18.2 Å². The van der Waals surface area contributed by atoms with Crippen molar-refractivity contribution in [2.24, 2.45) is 5.92 Å². The van der Waals surface area contributed by atoms with Gasteiger partial charge in [0.2, 0.25) is 0 Å². The minimum absolute atomic E-state index is 0.0218. The molecule has 1 aromatic rings. The molecule has 2 atom stereocenters. The molecular formula is C15H21NO3. The molecule has 0 bridgehead atoms. The molecule has 0 spiro atoms. The molecule has 0 radical (unpaired) electrons. The lowest BCUT2D eigenvalue weighted by Gasteiger charge is -2.37. The van der Waals surface area contributed by atoms with Crippen molar-refractivity contribution in [3.8, 4) is 0 Å². The molecule has 1 heterocycles. The van der Waals surface area contributed by atoms with Gasteiger partial charge in [-0.25, -0.2) is 0 Å². The molecule has 4 heteroatoms. The number of nitrogens with zero attached hydrogens (tertiary/aromatic N) is 1. The van der Waals surface area contributed by atoms with Crippen LogP contribution in [0.1, 0.15) is 18.4 Å². The van der Waals surface area contributed by atoms with Gasteiger partial charge in [0, 0.05) is 20.2 Å². The van der Waals surface area contributed by atoms with E-state index in [4.69, 9.17) is 9.84 Å². The largest absolute Gasteiger partial charge is 0.481 e. The number of piperidine rings is 1. The molecule has 1 aliphatic rings. The van der Waals surface area contributed by atoms with Gasteiger partial charge >= 0.3 is 5.97 Å². The third-order valence-electron chi connectivity index (χ3n) is 3.77. The standard InChI is InChI=1S/C15H21NO3/c1-19-14-11-16(8-7-13(14)9-15(17)18)10-12-5-3-2-4-6-12/h2-6,13-14H,7-11H2,1H3,(H,17,18)/t13-,14-/m0/s1. The molecule has 2 rings (SSSR count). The molecule has 0 aliphatic carbocycles. The van der Waals surface area contributed by atoms with Crippen molar-refractivity contribution in [2.45, 2.75) is 25.5 Å². The minimum Gasteiger partial charge on any atom is -0.481 e. The molecular weight excluding hydrogens is 242 g/mol. The van der Waals surface area contributed by atoms with Crippen LogP contribution in [-0.2, 0) is 16.1 Å². The van der Waals surface area contributed by atoms with Crippen molar-refractivity contribution in [1.29, 1.82) is 0 Å². The second-order valence-electron chi connectivity index (χ2n) is 5.14. The number of hydrogen-bond acceptors (Lipinski definition) is 3. The average Bonchev–Trinajstić information content (AvgIpc) is 2.41. The molecule has 1 aliphatic heterocycles. The highest BCUT2D eigenvalue weighted by atomic mass is 16.5. The van der Waals surface area contributed by atoms with Crippen molar-refractivity contribution in [1.82, 2.24) is 4.90 Å². The van der Waals surface area contributed by atoms with Gasteiger partial charge in [0.1, 0.15) is 0 Å². The number of carbonyl (C=O) groups is 1. The second kappa shape index (κ2) is 6.68. The normalized spacial score (nSPS) is 24.3. The fourth-order valence-electron chi connectivity index (χ4n) is 2.74. The molecule has 0 unspecified atom stereocenters. The lowest BCUT2D eigenvalue weighted by molar-refractivity contribution is -0.140. The molecule has 1 N–H and O–H groups in total. The van der Waals surface area contributed by atoms with Gasteiger partial charge in [-0.15, -0.1) is 0 Å². The summed E-state index contributed by atoms with van der Waals surface area (Å²) < 4.78 is 5.47. The van der Waals surface area contributed by atoms with Crippen LogP contribution in [-0.4, -0.2) is 42.3 Å². The fraction of sp³-hybridized carbons (Fsp3) is 0.533. The Morgan fingerprint density at radius 2 is 2.16 bits per heavy atom. The van der Waals surface area contributed by atoms with Crippen LogP contribution in [0.2, 0.25) is 0 Å². The molecule has 0 amide bonds. The van der Waals surface area contributed by atoms with Crippen LogP contribution >= 0.6 is 0 Å². The highest BCUT2D eigenvalue weighted by Gasteiger charge is 2.30. The van der Waals surface area contributed by atoms with E-state index in [1.165, 1.54) is 5.56 Å². The Bertz CT molecular complexity index is 407. The first-order valence-corrected chi connectivity index (χ1v) is 6.70. The van der Waals surface area contributed by atoms with E-state index >= 15 is 0 Å². The van der Waals surface area contributed by atoms with Gasteiger partial charge in [-0.2, -0.15) is 0 Å². The molecule has 1 aromatic carbocycles. The number of carboxylic acid groups (broad SMARTS) is 1. The summed E-state index contributed by atoms with van der Waals surface area (Å²) in [7, 11) is 1.67. The van der Waals surface area contributed by atoms with E-state index in [2.05, 4.69) is 17.0 Å². The summed E-state index contributed by atoms with van der Waals surface area (Å²) >= 11 is 0. The number of ether oxygens (including phenoxy) is 1. The Labute approximate surface area is 114 Å². The van der Waals surface area contributed by atoms with Crippen molar-refractivity contribution >= 4 is 5.97 Å². The van der Waals surface area contributed by atoms with Crippen molar-refractivity contribution in [3.05, 3.63) is 35.9 Å². The number of aliphatic carboxylic acids is 1. The van der Waals surface area contributed by atoms with E-state index in [0.29, 0.717) is 0 Å². The summed E-state index contributed by atoms with van der Waals surface area (Å²) in [4.78, 5) is 13.2. The second-order valence-corrected chi connectivity index (χ2v) is 5.14. The minimum atomic E-state index is -0.733. The topological polar surface area (TPSA) is 49.8 Å². The van der Waals surface area contributed by atoms with Crippen LogP contribution in [0.4, 0.5) is 0 Å². The highest BCUT2D eigenvalue weighted by Crippen LogP contribution is 2.24. The molecule has 1 saturated heterocycles. The Hall–Kier alpha value is -1.39. The average molecular weight is 263 g/mol. The van der Waals surface area contributed by atoms with Crippen LogP contribution in [0.15, 0.2) is 30.3 Å². The molecule has 0 aromatic heterocycles. The van der Waals surface area contributed by atoms with Crippen LogP contribution in [0.5, 0.6) is 0 Å². The summed E-state index contributed by atoms with van der Waals surface area (Å²) in [6.45, 7) is 2.65. The summed E-state index contributed by atoms with van der Waals surface area (Å²) in [5.74, 6) is -0.599. The predicted molar refractivity (Wildman–Crippen MR) is 72.9 cm³/mol. The predicted octanol–water partition coefficient (Wildman–Crippen LogP) is 2.00. The lowest BCUT2D eigenvalue weighted by Crippen LogP contribution is -2.44. The van der Waals surface area contributed by atoms with E-state index < -0.39 is 5.97 Å². The van der Waals surface area contributed by atoms with Crippen molar-refractivity contribution in [3.63, 3.8) is 0 Å². The zero-order chi connectivity index (χ0) is 13.7. The maximum atomic E-state index is 10.8. The zero-order valence-corrected chi connectivity index (χ0v) is 11.3. The van der Waals surface area contributed by atoms with Gasteiger partial charge in [-0.1, -0.05) is 30.3 Å². The van der Waals surface area contributed by atoms with Gasteiger partial charge in [-0.05, 0) is 24.4 Å². The number of benzene rings is 1. The Balaban J connectivity index is 1.91. The van der Waals surface area contributed by atoms with Gasteiger partial charge in [0.15, 0.2) is 0 Å². The van der Waals surface area contributed by atoms with Gasteiger partial charge in [-0.3, -0.25) is 9.69 Å². The smallest absolute Gasteiger partial charge is 0.303 e. The van der Waals surface area contributed by atoms with Crippen LogP contribution in [0, 0.1) is 5.92 Å². The maximum Gasteiger partial charge on any atom is 0.303 e. The number of carboxylic acids is 1. The zero-order valence-electron chi connectivity index (χ0n) is 11.3. The van der Waals surface area contributed by atoms with Gasteiger partial charge in [0.25, 0.3) is 0 Å². The van der Waals surface area contributed by atoms with Gasteiger partial charge in [0.05, 0.1) is 12.5 Å². The summed E-state index contributed by atoms with van der Waals surface area (Å²) in [5, 5.41) is 8.91. The number of rotatable bonds is 5. The third-order valence-corrected chi connectivity index (χ3v) is 3.77. The van der Waals surface area contributed by atoms with E-state index in [-0.39, 0.29) is 18.4 Å². The first kappa shape index (κ1) is 14.0. The Morgan fingerprint density at radius 1 is 1.42 bits per heavy atom. The lowest BCUT2D eigenvalue weighted by atomic mass is 9.90. The van der Waals surface area contributed by atoms with Crippen LogP contribution in [0.25, 0.3) is 0 Å². The fourth-order valence-corrected chi connectivity index (χ4v) is 2.74. The Kier molecular flexibility index (Phi) is 4.93. The number of hydrogen-bond donors (Lipinski definition) is 1. The molecule has 19 heavy (non-hydrogen) atoms. The summed E-state index contributed by atoms with van der Waals surface area (Å²) in [6, 6.07) is 10.3. The van der Waals surface area contributed by atoms with Crippen LogP contribution in [0.3, 0.4) is 0 Å². The van der Waals surface area contributed by atoms with E-state index in [1.54, 1.807) is 7.11 Å². The summed E-state index contributed by atoms with van der Waals surface area (Å²) in [5.41, 5.74) is 1.29. The SMILES string of the molecule is CO[C@H]1CN(Cc2ccccc2)CC[C@H]1CC(=O)O. The molecule has 104 valence electrons. The quantitative estimate of drug-likeness (QED) is 0.882. The number of methoxy groups -OCH3 is 1. The molecule has 0 saturated carbocycles. The van der Waals surface area contributed by atoms with Crippen molar-refractivity contribution < 1.29 is 14.6 Å². The van der Waals surface area contributed by atoms with Gasteiger partial charge < -0.3 is 9.84 Å². The maximum absolute atomic E-state index is 10.8. The van der Waals surface area contributed by atoms with Crippen LogP contribution < -0.4 is 0 Å².